The summed E-state index contributed by atoms with van der Waals surface area (Å²) in [5.41, 5.74) is 4.23. The van der Waals surface area contributed by atoms with Crippen LogP contribution in [-0.2, 0) is 6.42 Å². The topological polar surface area (TPSA) is 62.2 Å². The molecule has 2 N–H and O–H groups in total. The Morgan fingerprint density at radius 3 is 2.35 bits per heavy atom. The third-order valence-corrected chi connectivity index (χ3v) is 2.98. The summed E-state index contributed by atoms with van der Waals surface area (Å²) in [7, 11) is 0. The number of rotatable bonds is 4. The van der Waals surface area contributed by atoms with Crippen molar-refractivity contribution in [1.29, 1.82) is 0 Å². The maximum atomic E-state index is 11.1. The maximum Gasteiger partial charge on any atom is 0.335 e. The fourth-order valence-electron chi connectivity index (χ4n) is 2.15. The number of nitrogens with zero attached hydrogens (tertiary/aromatic N) is 1. The zero-order chi connectivity index (χ0) is 14.7. The van der Waals surface area contributed by atoms with Gasteiger partial charge in [-0.05, 0) is 55.7 Å². The van der Waals surface area contributed by atoms with Crippen LogP contribution < -0.4 is 5.32 Å². The molecule has 4 nitrogen and oxygen atoms in total. The van der Waals surface area contributed by atoms with Gasteiger partial charge in [0.05, 0.1) is 5.56 Å². The Morgan fingerprint density at radius 2 is 1.80 bits per heavy atom. The van der Waals surface area contributed by atoms with E-state index in [1.165, 1.54) is 0 Å². The van der Waals surface area contributed by atoms with Gasteiger partial charge < -0.3 is 10.4 Å². The first-order valence-electron chi connectivity index (χ1n) is 6.57. The minimum absolute atomic E-state index is 0.253. The summed E-state index contributed by atoms with van der Waals surface area (Å²) < 4.78 is 0. The van der Waals surface area contributed by atoms with Gasteiger partial charge in [0, 0.05) is 11.4 Å². The fourth-order valence-corrected chi connectivity index (χ4v) is 2.15. The molecule has 1 heterocycles. The third kappa shape index (κ3) is 3.35. The van der Waals surface area contributed by atoms with Crippen molar-refractivity contribution in [2.75, 3.05) is 5.32 Å². The smallest absolute Gasteiger partial charge is 0.335 e. The van der Waals surface area contributed by atoms with E-state index in [9.17, 15) is 4.79 Å². The second-order valence-corrected chi connectivity index (χ2v) is 4.89. The number of carboxylic acid groups (broad SMARTS) is 1. The number of aryl methyl sites for hydroxylation is 3. The predicted molar refractivity (Wildman–Crippen MR) is 79.8 cm³/mol. The summed E-state index contributed by atoms with van der Waals surface area (Å²) in [5.74, 6) is -0.377. The molecular formula is C16H18N2O2. The van der Waals surface area contributed by atoms with Crippen molar-refractivity contribution in [3.8, 4) is 0 Å². The molecule has 0 saturated carbocycles. The van der Waals surface area contributed by atoms with E-state index < -0.39 is 5.97 Å². The van der Waals surface area contributed by atoms with Gasteiger partial charge in [-0.3, -0.25) is 0 Å². The van der Waals surface area contributed by atoms with Gasteiger partial charge in [0.2, 0.25) is 0 Å². The van der Waals surface area contributed by atoms with Crippen molar-refractivity contribution in [1.82, 2.24) is 4.98 Å². The monoisotopic (exact) mass is 270 g/mol. The van der Waals surface area contributed by atoms with Gasteiger partial charge in [-0.1, -0.05) is 13.0 Å². The highest BCUT2D eigenvalue weighted by atomic mass is 16.4. The first-order valence-corrected chi connectivity index (χ1v) is 6.57. The number of carbonyl (C=O) groups is 1. The normalized spacial score (nSPS) is 10.3. The summed E-state index contributed by atoms with van der Waals surface area (Å²) in [5, 5.41) is 12.3. The summed E-state index contributed by atoms with van der Waals surface area (Å²) in [6.07, 6.45) is 0.697. The van der Waals surface area contributed by atoms with Crippen LogP contribution in [0.5, 0.6) is 0 Å². The van der Waals surface area contributed by atoms with Gasteiger partial charge >= 0.3 is 5.97 Å². The van der Waals surface area contributed by atoms with Crippen molar-refractivity contribution in [2.45, 2.75) is 27.2 Å². The molecule has 20 heavy (non-hydrogen) atoms. The average Bonchev–Trinajstić information content (AvgIpc) is 2.36. The highest BCUT2D eigenvalue weighted by molar-refractivity contribution is 5.88. The number of aromatic nitrogens is 1. The molecule has 0 atom stereocenters. The zero-order valence-electron chi connectivity index (χ0n) is 11.9. The van der Waals surface area contributed by atoms with Crippen molar-refractivity contribution < 1.29 is 9.90 Å². The quantitative estimate of drug-likeness (QED) is 0.889. The molecular weight excluding hydrogens is 252 g/mol. The van der Waals surface area contributed by atoms with Gasteiger partial charge in [-0.25, -0.2) is 9.78 Å². The van der Waals surface area contributed by atoms with E-state index in [1.54, 1.807) is 12.1 Å². The summed E-state index contributed by atoms with van der Waals surface area (Å²) in [6, 6.07) is 9.26. The molecule has 1 aromatic carbocycles. The van der Waals surface area contributed by atoms with Gasteiger partial charge in [0.15, 0.2) is 0 Å². The molecule has 2 rings (SSSR count). The van der Waals surface area contributed by atoms with E-state index in [2.05, 4.69) is 16.4 Å². The van der Waals surface area contributed by atoms with E-state index >= 15 is 0 Å². The minimum Gasteiger partial charge on any atom is -0.478 e. The fraction of sp³-hybridized carbons (Fsp3) is 0.250. The maximum absolute atomic E-state index is 11.1. The van der Waals surface area contributed by atoms with Crippen LogP contribution in [0.2, 0.25) is 0 Å². The lowest BCUT2D eigenvalue weighted by atomic mass is 10.1. The van der Waals surface area contributed by atoms with Gasteiger partial charge in [0.1, 0.15) is 5.82 Å². The number of aromatic carboxylic acids is 1. The molecule has 0 aliphatic heterocycles. The molecule has 0 saturated heterocycles. The standard InChI is InChI=1S/C16H18N2O2/c1-4-13-8-12(16(19)20)9-15(17-13)18-14-6-10(2)5-11(3)7-14/h5-9H,4H2,1-3H3,(H,17,18)(H,19,20). The summed E-state index contributed by atoms with van der Waals surface area (Å²) >= 11 is 0. The van der Waals surface area contributed by atoms with Crippen molar-refractivity contribution in [3.63, 3.8) is 0 Å². The van der Waals surface area contributed by atoms with Gasteiger partial charge in [-0.2, -0.15) is 0 Å². The second kappa shape index (κ2) is 5.74. The van der Waals surface area contributed by atoms with Crippen LogP contribution in [0.3, 0.4) is 0 Å². The van der Waals surface area contributed by atoms with Gasteiger partial charge in [-0.15, -0.1) is 0 Å². The number of carboxylic acids is 1. The largest absolute Gasteiger partial charge is 0.478 e. The lowest BCUT2D eigenvalue weighted by Crippen LogP contribution is -2.03. The van der Waals surface area contributed by atoms with Crippen LogP contribution in [-0.4, -0.2) is 16.1 Å². The molecule has 0 aliphatic rings. The minimum atomic E-state index is -0.939. The number of hydrogen-bond acceptors (Lipinski definition) is 3. The van der Waals surface area contributed by atoms with Crippen LogP contribution in [0.25, 0.3) is 0 Å². The van der Waals surface area contributed by atoms with Crippen LogP contribution in [0.15, 0.2) is 30.3 Å². The highest BCUT2D eigenvalue weighted by Gasteiger charge is 2.08. The zero-order valence-corrected chi connectivity index (χ0v) is 11.9. The van der Waals surface area contributed by atoms with Crippen molar-refractivity contribution in [3.05, 3.63) is 52.7 Å². The van der Waals surface area contributed by atoms with Crippen molar-refractivity contribution >= 4 is 17.5 Å². The molecule has 4 heteroatoms. The predicted octanol–water partition coefficient (Wildman–Crippen LogP) is 3.70. The first kappa shape index (κ1) is 14.1. The number of nitrogens with one attached hydrogen (secondary N) is 1. The summed E-state index contributed by atoms with van der Waals surface area (Å²) in [6.45, 7) is 6.00. The molecule has 0 unspecified atom stereocenters. The molecule has 0 fully saturated rings. The lowest BCUT2D eigenvalue weighted by Gasteiger charge is -2.10. The molecule has 104 valence electrons. The number of benzene rings is 1. The molecule has 0 bridgehead atoms. The first-order chi connectivity index (χ1) is 9.47. The molecule has 0 spiro atoms. The summed E-state index contributed by atoms with van der Waals surface area (Å²) in [4.78, 5) is 15.5. The van der Waals surface area contributed by atoms with E-state index in [1.807, 2.05) is 32.9 Å². The van der Waals surface area contributed by atoms with Gasteiger partial charge in [0.25, 0.3) is 0 Å². The lowest BCUT2D eigenvalue weighted by molar-refractivity contribution is 0.0696. The van der Waals surface area contributed by atoms with Crippen molar-refractivity contribution in [2.24, 2.45) is 0 Å². The number of anilines is 2. The Bertz CT molecular complexity index is 631. The molecule has 2 aromatic rings. The van der Waals surface area contributed by atoms with Crippen LogP contribution in [0.1, 0.15) is 34.1 Å². The van der Waals surface area contributed by atoms with Crippen LogP contribution in [0, 0.1) is 13.8 Å². The average molecular weight is 270 g/mol. The molecule has 1 aromatic heterocycles. The third-order valence-electron chi connectivity index (χ3n) is 2.98. The second-order valence-electron chi connectivity index (χ2n) is 4.89. The molecule has 0 aliphatic carbocycles. The van der Waals surface area contributed by atoms with E-state index in [4.69, 9.17) is 5.11 Å². The van der Waals surface area contributed by atoms with E-state index in [-0.39, 0.29) is 5.56 Å². The van der Waals surface area contributed by atoms with Crippen LogP contribution >= 0.6 is 0 Å². The Morgan fingerprint density at radius 1 is 1.15 bits per heavy atom. The van der Waals surface area contributed by atoms with E-state index in [0.29, 0.717) is 12.2 Å². The Kier molecular flexibility index (Phi) is 4.03. The molecule has 0 amide bonds. The van der Waals surface area contributed by atoms with Crippen LogP contribution in [0.4, 0.5) is 11.5 Å². The SMILES string of the molecule is CCc1cc(C(=O)O)cc(Nc2cc(C)cc(C)c2)n1. The molecule has 0 radical (unpaired) electrons. The van der Waals surface area contributed by atoms with E-state index in [0.717, 1.165) is 22.5 Å². The highest BCUT2D eigenvalue weighted by Crippen LogP contribution is 2.20. The number of hydrogen-bond donors (Lipinski definition) is 2. The Labute approximate surface area is 118 Å². The number of pyridine rings is 1. The Hall–Kier alpha value is -2.36. The Balaban J connectivity index is 2.37.